The lowest BCUT2D eigenvalue weighted by atomic mass is 10.1. The number of aliphatic hydroxyl groups excluding tert-OH is 1. The molecule has 3 N–H and O–H groups in total. The number of hydrogen-bond donors (Lipinski definition) is 3. The predicted octanol–water partition coefficient (Wildman–Crippen LogP) is 1.71. The molecule has 1 aromatic heterocycles. The van der Waals surface area contributed by atoms with Crippen molar-refractivity contribution >= 4 is 5.97 Å². The van der Waals surface area contributed by atoms with Crippen molar-refractivity contribution in [3.8, 4) is 0 Å². The average Bonchev–Trinajstić information content (AvgIpc) is 2.64. The summed E-state index contributed by atoms with van der Waals surface area (Å²) in [6.07, 6.45) is -5.54. The lowest BCUT2D eigenvalue weighted by Gasteiger charge is -2.07. The first-order valence-electron chi connectivity index (χ1n) is 4.55. The van der Waals surface area contributed by atoms with Crippen molar-refractivity contribution in [3.63, 3.8) is 0 Å². The Morgan fingerprint density at radius 1 is 1.44 bits per heavy atom. The number of carbonyl (C=O) groups is 1. The van der Waals surface area contributed by atoms with Gasteiger partial charge in [-0.15, -0.1) is 0 Å². The fraction of sp³-hybridized carbons (Fsp3) is 0.444. The molecule has 0 aromatic carbocycles. The topological polar surface area (TPSA) is 73.3 Å². The average molecular weight is 235 g/mol. The number of nitrogens with one attached hydrogen (secondary N) is 1. The number of hydrogen-bond acceptors (Lipinski definition) is 2. The molecule has 0 aliphatic heterocycles. The Morgan fingerprint density at radius 3 is 2.56 bits per heavy atom. The largest absolute Gasteiger partial charge is 0.477 e. The number of carboxylic acids is 1. The molecule has 0 unspecified atom stereocenters. The van der Waals surface area contributed by atoms with Crippen molar-refractivity contribution in [3.05, 3.63) is 22.5 Å². The SMILES string of the molecule is O=C(O)c1[nH]c2c(c1C(F)(F)F)CC[C@H]2O. The molecule has 0 saturated heterocycles. The Bertz CT molecular complexity index is 450. The summed E-state index contributed by atoms with van der Waals surface area (Å²) in [5.41, 5.74) is -2.20. The lowest BCUT2D eigenvalue weighted by Crippen LogP contribution is -2.13. The van der Waals surface area contributed by atoms with Crippen LogP contribution in [0.4, 0.5) is 13.2 Å². The first-order chi connectivity index (χ1) is 7.32. The maximum absolute atomic E-state index is 12.7. The van der Waals surface area contributed by atoms with Gasteiger partial charge in [0.1, 0.15) is 5.69 Å². The van der Waals surface area contributed by atoms with E-state index in [0.717, 1.165) is 0 Å². The summed E-state index contributed by atoms with van der Waals surface area (Å²) in [5.74, 6) is -1.67. The van der Waals surface area contributed by atoms with Crippen LogP contribution in [0.25, 0.3) is 0 Å². The Labute approximate surface area is 87.7 Å². The van der Waals surface area contributed by atoms with E-state index in [0.29, 0.717) is 0 Å². The van der Waals surface area contributed by atoms with Crippen LogP contribution in [0.1, 0.15) is 39.8 Å². The van der Waals surface area contributed by atoms with E-state index in [-0.39, 0.29) is 24.1 Å². The van der Waals surface area contributed by atoms with Gasteiger partial charge in [-0.1, -0.05) is 0 Å². The fourth-order valence-corrected chi connectivity index (χ4v) is 2.00. The van der Waals surface area contributed by atoms with Crippen molar-refractivity contribution in [2.45, 2.75) is 25.1 Å². The Balaban J connectivity index is 2.65. The maximum atomic E-state index is 12.7. The van der Waals surface area contributed by atoms with E-state index in [4.69, 9.17) is 5.11 Å². The van der Waals surface area contributed by atoms with Gasteiger partial charge in [-0.05, 0) is 18.4 Å². The monoisotopic (exact) mass is 235 g/mol. The highest BCUT2D eigenvalue weighted by Gasteiger charge is 2.43. The second kappa shape index (κ2) is 3.24. The molecule has 1 atom stereocenters. The summed E-state index contributed by atoms with van der Waals surface area (Å²) >= 11 is 0. The Hall–Kier alpha value is -1.50. The summed E-state index contributed by atoms with van der Waals surface area (Å²) < 4.78 is 38.0. The molecule has 4 nitrogen and oxygen atoms in total. The molecule has 2 rings (SSSR count). The molecule has 1 aliphatic carbocycles. The van der Waals surface area contributed by atoms with Crippen LogP contribution in [0, 0.1) is 0 Å². The minimum Gasteiger partial charge on any atom is -0.477 e. The van der Waals surface area contributed by atoms with E-state index in [1.807, 2.05) is 0 Å². The summed E-state index contributed by atoms with van der Waals surface area (Å²) in [6, 6.07) is 0. The zero-order valence-electron chi connectivity index (χ0n) is 7.93. The predicted molar refractivity (Wildman–Crippen MR) is 46.0 cm³/mol. The number of fused-ring (bicyclic) bond motifs is 1. The van der Waals surface area contributed by atoms with Crippen molar-refractivity contribution in [2.24, 2.45) is 0 Å². The first kappa shape index (κ1) is 11.0. The van der Waals surface area contributed by atoms with Gasteiger partial charge < -0.3 is 15.2 Å². The molecule has 1 aromatic rings. The number of alkyl halides is 3. The van der Waals surface area contributed by atoms with Crippen LogP contribution in [0.3, 0.4) is 0 Å². The minimum atomic E-state index is -4.72. The van der Waals surface area contributed by atoms with Crippen molar-refractivity contribution in [1.82, 2.24) is 4.98 Å². The third kappa shape index (κ3) is 1.47. The Kier molecular flexibility index (Phi) is 2.23. The molecule has 0 radical (unpaired) electrons. The lowest BCUT2D eigenvalue weighted by molar-refractivity contribution is -0.138. The fourth-order valence-electron chi connectivity index (χ4n) is 2.00. The molecule has 16 heavy (non-hydrogen) atoms. The molecular weight excluding hydrogens is 227 g/mol. The smallest absolute Gasteiger partial charge is 0.419 e. The molecule has 1 aliphatic rings. The van der Waals surface area contributed by atoms with Crippen LogP contribution in [0.5, 0.6) is 0 Å². The zero-order valence-corrected chi connectivity index (χ0v) is 7.93. The molecule has 88 valence electrons. The number of halogens is 3. The van der Waals surface area contributed by atoms with Crippen LogP contribution in [-0.2, 0) is 12.6 Å². The summed E-state index contributed by atoms with van der Waals surface area (Å²) in [4.78, 5) is 12.8. The number of carboxylic acid groups (broad SMARTS) is 1. The second-order valence-electron chi connectivity index (χ2n) is 3.62. The number of aromatic nitrogens is 1. The molecule has 1 heterocycles. The molecule has 0 fully saturated rings. The first-order valence-corrected chi connectivity index (χ1v) is 4.55. The van der Waals surface area contributed by atoms with Gasteiger partial charge >= 0.3 is 12.1 Å². The highest BCUT2D eigenvalue weighted by atomic mass is 19.4. The molecular formula is C9H8F3NO3. The van der Waals surface area contributed by atoms with Crippen molar-refractivity contribution < 1.29 is 28.2 Å². The summed E-state index contributed by atoms with van der Waals surface area (Å²) in [5, 5.41) is 18.0. The van der Waals surface area contributed by atoms with Crippen LogP contribution in [-0.4, -0.2) is 21.2 Å². The number of aromatic amines is 1. The van der Waals surface area contributed by atoms with E-state index in [1.165, 1.54) is 0 Å². The second-order valence-corrected chi connectivity index (χ2v) is 3.62. The molecule has 0 amide bonds. The molecule has 0 spiro atoms. The molecule has 7 heteroatoms. The van der Waals surface area contributed by atoms with Gasteiger partial charge in [-0.2, -0.15) is 13.2 Å². The van der Waals surface area contributed by atoms with Gasteiger partial charge in [0.15, 0.2) is 0 Å². The van der Waals surface area contributed by atoms with Gasteiger partial charge in [0.05, 0.1) is 11.7 Å². The van der Waals surface area contributed by atoms with Crippen LogP contribution >= 0.6 is 0 Å². The summed E-state index contributed by atoms with van der Waals surface area (Å²) in [7, 11) is 0. The number of H-pyrrole nitrogens is 1. The van der Waals surface area contributed by atoms with Gasteiger partial charge in [0.2, 0.25) is 0 Å². The van der Waals surface area contributed by atoms with Gasteiger partial charge in [0, 0.05) is 5.69 Å². The van der Waals surface area contributed by atoms with Gasteiger partial charge in [-0.25, -0.2) is 4.79 Å². The van der Waals surface area contributed by atoms with Crippen molar-refractivity contribution in [2.75, 3.05) is 0 Å². The maximum Gasteiger partial charge on any atom is 0.419 e. The van der Waals surface area contributed by atoms with Gasteiger partial charge in [-0.3, -0.25) is 0 Å². The van der Waals surface area contributed by atoms with E-state index < -0.39 is 29.5 Å². The Morgan fingerprint density at radius 2 is 2.06 bits per heavy atom. The number of aromatic carboxylic acids is 1. The quantitative estimate of drug-likeness (QED) is 0.693. The standard InChI is InChI=1S/C9H8F3NO3/c10-9(11,12)5-3-1-2-4(14)6(3)13-7(5)8(15)16/h4,13-14H,1-2H2,(H,15,16)/t4-/m1/s1. The number of rotatable bonds is 1. The van der Waals surface area contributed by atoms with E-state index in [1.54, 1.807) is 0 Å². The molecule has 0 saturated carbocycles. The highest BCUT2D eigenvalue weighted by molar-refractivity contribution is 5.88. The minimum absolute atomic E-state index is 0.0234. The van der Waals surface area contributed by atoms with Crippen LogP contribution < -0.4 is 0 Å². The molecule has 0 bridgehead atoms. The van der Waals surface area contributed by atoms with E-state index in [2.05, 4.69) is 4.98 Å². The third-order valence-corrected chi connectivity index (χ3v) is 2.63. The third-order valence-electron chi connectivity index (χ3n) is 2.63. The summed E-state index contributed by atoms with van der Waals surface area (Å²) in [6.45, 7) is 0. The van der Waals surface area contributed by atoms with Crippen LogP contribution in [0.2, 0.25) is 0 Å². The van der Waals surface area contributed by atoms with E-state index >= 15 is 0 Å². The van der Waals surface area contributed by atoms with Gasteiger partial charge in [0.25, 0.3) is 0 Å². The van der Waals surface area contributed by atoms with Crippen molar-refractivity contribution in [1.29, 1.82) is 0 Å². The highest BCUT2D eigenvalue weighted by Crippen LogP contribution is 2.42. The normalized spacial score (nSPS) is 19.9. The zero-order chi connectivity index (χ0) is 12.1. The number of aliphatic hydroxyl groups is 1. The van der Waals surface area contributed by atoms with E-state index in [9.17, 15) is 23.1 Å². The van der Waals surface area contributed by atoms with Crippen LogP contribution in [0.15, 0.2) is 0 Å².